The second-order valence-corrected chi connectivity index (χ2v) is 5.35. The molecule has 0 amide bonds. The number of halogens is 1. The van der Waals surface area contributed by atoms with Crippen molar-refractivity contribution in [2.45, 2.75) is 0 Å². The van der Waals surface area contributed by atoms with Crippen LogP contribution in [0.5, 0.6) is 5.75 Å². The Morgan fingerprint density at radius 2 is 2.20 bits per heavy atom. The molecule has 0 atom stereocenters. The van der Waals surface area contributed by atoms with Crippen molar-refractivity contribution < 1.29 is 9.13 Å². The molecule has 102 valence electrons. The first-order valence-corrected chi connectivity index (χ1v) is 6.97. The summed E-state index contributed by atoms with van der Waals surface area (Å²) in [7, 11) is 1.42. The molecule has 0 aliphatic carbocycles. The predicted octanol–water partition coefficient (Wildman–Crippen LogP) is 3.26. The van der Waals surface area contributed by atoms with Crippen molar-refractivity contribution in [2.75, 3.05) is 7.11 Å². The fraction of sp³-hybridized carbons (Fsp3) is 0.0769. The highest BCUT2D eigenvalue weighted by atomic mass is 32.1. The van der Waals surface area contributed by atoms with E-state index in [-0.39, 0.29) is 16.1 Å². The number of thiophene rings is 1. The summed E-state index contributed by atoms with van der Waals surface area (Å²) >= 11 is 6.54. The average Bonchev–Trinajstić information content (AvgIpc) is 2.88. The van der Waals surface area contributed by atoms with Gasteiger partial charge in [-0.25, -0.2) is 8.96 Å². The number of aromatic nitrogens is 2. The Labute approximate surface area is 122 Å². The molecule has 0 aliphatic heterocycles. The first-order chi connectivity index (χ1) is 9.61. The minimum Gasteiger partial charge on any atom is -0.494 e. The molecule has 20 heavy (non-hydrogen) atoms. The van der Waals surface area contributed by atoms with Gasteiger partial charge in [0.2, 0.25) is 0 Å². The number of benzene rings is 1. The SMILES string of the molecule is COc1cc(F)ccc1-n1c(=S)[nH]c2ccsc2c1=O. The third-order valence-corrected chi connectivity index (χ3v) is 4.08. The Kier molecular flexibility index (Phi) is 3.15. The van der Waals surface area contributed by atoms with Gasteiger partial charge in [0, 0.05) is 6.07 Å². The first-order valence-electron chi connectivity index (χ1n) is 5.68. The molecule has 0 radical (unpaired) electrons. The normalized spacial score (nSPS) is 10.9. The summed E-state index contributed by atoms with van der Waals surface area (Å²) in [5, 5.41) is 1.81. The number of methoxy groups -OCH3 is 1. The molecule has 2 heterocycles. The summed E-state index contributed by atoms with van der Waals surface area (Å²) in [5.41, 5.74) is 0.862. The van der Waals surface area contributed by atoms with E-state index in [9.17, 15) is 9.18 Å². The number of hydrogen-bond donors (Lipinski definition) is 1. The van der Waals surface area contributed by atoms with Gasteiger partial charge in [-0.05, 0) is 35.8 Å². The highest BCUT2D eigenvalue weighted by Gasteiger charge is 2.13. The van der Waals surface area contributed by atoms with Gasteiger partial charge in [0.15, 0.2) is 4.77 Å². The molecule has 7 heteroatoms. The van der Waals surface area contributed by atoms with Gasteiger partial charge in [-0.15, -0.1) is 11.3 Å². The topological polar surface area (TPSA) is 47.0 Å². The Morgan fingerprint density at radius 3 is 2.95 bits per heavy atom. The van der Waals surface area contributed by atoms with E-state index in [4.69, 9.17) is 17.0 Å². The summed E-state index contributed by atoms with van der Waals surface area (Å²) in [6.45, 7) is 0. The number of hydrogen-bond acceptors (Lipinski definition) is 4. The van der Waals surface area contributed by atoms with Crippen LogP contribution in [0, 0.1) is 10.6 Å². The zero-order valence-electron chi connectivity index (χ0n) is 10.3. The van der Waals surface area contributed by atoms with Gasteiger partial charge >= 0.3 is 0 Å². The van der Waals surface area contributed by atoms with E-state index in [2.05, 4.69) is 4.98 Å². The van der Waals surface area contributed by atoms with Crippen molar-refractivity contribution in [3.63, 3.8) is 0 Å². The fourth-order valence-electron chi connectivity index (χ4n) is 1.99. The zero-order valence-corrected chi connectivity index (χ0v) is 12.0. The fourth-order valence-corrected chi connectivity index (χ4v) is 3.06. The van der Waals surface area contributed by atoms with Gasteiger partial charge in [0.05, 0.1) is 18.3 Å². The van der Waals surface area contributed by atoms with E-state index < -0.39 is 5.82 Å². The van der Waals surface area contributed by atoms with E-state index in [1.807, 2.05) is 5.38 Å². The molecule has 1 aromatic carbocycles. The molecular weight excluding hydrogens is 299 g/mol. The molecule has 3 rings (SSSR count). The Hall–Kier alpha value is -1.99. The molecule has 2 aromatic heterocycles. The molecule has 0 unspecified atom stereocenters. The average molecular weight is 308 g/mol. The van der Waals surface area contributed by atoms with Gasteiger partial charge in [-0.2, -0.15) is 0 Å². The molecule has 0 saturated carbocycles. The lowest BCUT2D eigenvalue weighted by Gasteiger charge is -2.11. The van der Waals surface area contributed by atoms with Gasteiger partial charge in [0.1, 0.15) is 16.3 Å². The van der Waals surface area contributed by atoms with Crippen LogP contribution in [-0.2, 0) is 0 Å². The smallest absolute Gasteiger partial charge is 0.276 e. The maximum Gasteiger partial charge on any atom is 0.276 e. The molecule has 0 aliphatic rings. The number of ether oxygens (including phenoxy) is 1. The van der Waals surface area contributed by atoms with E-state index in [1.165, 1.54) is 41.2 Å². The highest BCUT2D eigenvalue weighted by molar-refractivity contribution is 7.71. The molecule has 0 fully saturated rings. The van der Waals surface area contributed by atoms with Crippen LogP contribution in [0.15, 0.2) is 34.4 Å². The molecule has 1 N–H and O–H groups in total. The third-order valence-electron chi connectivity index (χ3n) is 2.89. The number of nitrogens with one attached hydrogen (secondary N) is 1. The minimum atomic E-state index is -0.439. The second kappa shape index (κ2) is 4.84. The number of fused-ring (bicyclic) bond motifs is 1. The quantitative estimate of drug-likeness (QED) is 0.739. The monoisotopic (exact) mass is 308 g/mol. The highest BCUT2D eigenvalue weighted by Crippen LogP contribution is 2.24. The third kappa shape index (κ3) is 1.95. The van der Waals surface area contributed by atoms with E-state index in [0.717, 1.165) is 0 Å². The number of H-pyrrole nitrogens is 1. The summed E-state index contributed by atoms with van der Waals surface area (Å²) < 4.78 is 20.5. The Bertz CT molecular complexity index is 911. The van der Waals surface area contributed by atoms with Crippen molar-refractivity contribution in [3.05, 3.63) is 50.6 Å². The van der Waals surface area contributed by atoms with Crippen LogP contribution in [0.25, 0.3) is 15.9 Å². The summed E-state index contributed by atoms with van der Waals surface area (Å²) in [6, 6.07) is 5.74. The lowest BCUT2D eigenvalue weighted by atomic mass is 10.2. The lowest BCUT2D eigenvalue weighted by molar-refractivity contribution is 0.409. The van der Waals surface area contributed by atoms with Crippen molar-refractivity contribution in [3.8, 4) is 11.4 Å². The van der Waals surface area contributed by atoms with E-state index in [1.54, 1.807) is 6.07 Å². The van der Waals surface area contributed by atoms with Crippen molar-refractivity contribution >= 4 is 33.8 Å². The van der Waals surface area contributed by atoms with Crippen LogP contribution in [0.1, 0.15) is 0 Å². The molecular formula is C13H9FN2O2S2. The van der Waals surface area contributed by atoms with E-state index >= 15 is 0 Å². The van der Waals surface area contributed by atoms with E-state index in [0.29, 0.717) is 15.9 Å². The Morgan fingerprint density at radius 1 is 1.40 bits per heavy atom. The molecule has 3 aromatic rings. The lowest BCUT2D eigenvalue weighted by Crippen LogP contribution is -2.20. The molecule has 4 nitrogen and oxygen atoms in total. The summed E-state index contributed by atoms with van der Waals surface area (Å²) in [6.07, 6.45) is 0. The maximum absolute atomic E-state index is 13.3. The van der Waals surface area contributed by atoms with Crippen LogP contribution in [-0.4, -0.2) is 16.7 Å². The summed E-state index contributed by atoms with van der Waals surface area (Å²) in [4.78, 5) is 15.5. The minimum absolute atomic E-state index is 0.241. The van der Waals surface area contributed by atoms with Crippen LogP contribution in [0.3, 0.4) is 0 Å². The maximum atomic E-state index is 13.3. The molecule has 0 bridgehead atoms. The Balaban J connectivity index is 2.40. The number of nitrogens with zero attached hydrogens (tertiary/aromatic N) is 1. The van der Waals surface area contributed by atoms with Crippen LogP contribution < -0.4 is 10.3 Å². The van der Waals surface area contributed by atoms with Crippen molar-refractivity contribution in [2.24, 2.45) is 0 Å². The largest absolute Gasteiger partial charge is 0.494 e. The van der Waals surface area contributed by atoms with Gasteiger partial charge in [-0.1, -0.05) is 0 Å². The van der Waals surface area contributed by atoms with Crippen LogP contribution in [0.2, 0.25) is 0 Å². The van der Waals surface area contributed by atoms with Crippen molar-refractivity contribution in [1.82, 2.24) is 9.55 Å². The molecule has 0 spiro atoms. The predicted molar refractivity (Wildman–Crippen MR) is 79.1 cm³/mol. The zero-order chi connectivity index (χ0) is 14.3. The molecule has 0 saturated heterocycles. The van der Waals surface area contributed by atoms with Crippen molar-refractivity contribution in [1.29, 1.82) is 0 Å². The first kappa shape index (κ1) is 13.0. The number of rotatable bonds is 2. The van der Waals surface area contributed by atoms with Crippen LogP contribution >= 0.6 is 23.6 Å². The summed E-state index contributed by atoms with van der Waals surface area (Å²) in [5.74, 6) is -0.187. The second-order valence-electron chi connectivity index (χ2n) is 4.05. The van der Waals surface area contributed by atoms with Gasteiger partial charge < -0.3 is 9.72 Å². The van der Waals surface area contributed by atoms with Crippen LogP contribution in [0.4, 0.5) is 4.39 Å². The standard InChI is InChI=1S/C13H9FN2O2S2/c1-18-10-6-7(14)2-3-9(10)16-12(17)11-8(4-5-20-11)15-13(16)19/h2-6H,1H3,(H,15,19). The van der Waals surface area contributed by atoms with Gasteiger partial charge in [0.25, 0.3) is 5.56 Å². The van der Waals surface area contributed by atoms with Gasteiger partial charge in [-0.3, -0.25) is 4.79 Å². The number of aromatic amines is 1.